The molecule has 278 valence electrons. The van der Waals surface area contributed by atoms with Crippen molar-refractivity contribution in [2.24, 2.45) is 0 Å². The van der Waals surface area contributed by atoms with Crippen LogP contribution < -0.4 is 0 Å². The van der Waals surface area contributed by atoms with E-state index < -0.39 is 0 Å². The molecule has 11 rings (SSSR count). The summed E-state index contributed by atoms with van der Waals surface area (Å²) in [5, 5.41) is 4.94. The first-order valence-electron chi connectivity index (χ1n) is 20.4. The molecule has 0 atom stereocenters. The number of aromatic nitrogens is 2. The summed E-state index contributed by atoms with van der Waals surface area (Å²) in [5.41, 5.74) is 17.5. The van der Waals surface area contributed by atoms with Crippen molar-refractivity contribution >= 4 is 21.5 Å². The van der Waals surface area contributed by atoms with Crippen molar-refractivity contribution < 1.29 is 0 Å². The zero-order valence-electron chi connectivity index (χ0n) is 33.0. The number of fused-ring (bicyclic) bond motifs is 6. The Morgan fingerprint density at radius 2 is 0.831 bits per heavy atom. The van der Waals surface area contributed by atoms with Gasteiger partial charge in [0.05, 0.1) is 11.4 Å². The Hall–Kier alpha value is -7.42. The minimum absolute atomic E-state index is 0.114. The normalized spacial score (nSPS) is 12.7. The monoisotopic (exact) mass is 752 g/mol. The highest BCUT2D eigenvalue weighted by Gasteiger charge is 2.38. The molecule has 9 aromatic carbocycles. The van der Waals surface area contributed by atoms with Gasteiger partial charge in [-0.05, 0) is 83.2 Å². The summed E-state index contributed by atoms with van der Waals surface area (Å²) >= 11 is 0. The zero-order chi connectivity index (χ0) is 39.5. The molecule has 1 aliphatic carbocycles. The first-order valence-corrected chi connectivity index (χ1v) is 20.4. The van der Waals surface area contributed by atoms with Crippen LogP contribution in [0.15, 0.2) is 206 Å². The lowest BCUT2D eigenvalue weighted by Crippen LogP contribution is -2.14. The molecule has 59 heavy (non-hydrogen) atoms. The van der Waals surface area contributed by atoms with Gasteiger partial charge < -0.3 is 0 Å². The minimum atomic E-state index is -0.114. The molecule has 0 saturated heterocycles. The van der Waals surface area contributed by atoms with E-state index in [-0.39, 0.29) is 5.41 Å². The van der Waals surface area contributed by atoms with Gasteiger partial charge in [0, 0.05) is 22.1 Å². The summed E-state index contributed by atoms with van der Waals surface area (Å²) < 4.78 is 0. The number of rotatable bonds is 6. The molecule has 0 bridgehead atoms. The Balaban J connectivity index is 1.03. The lowest BCUT2D eigenvalue weighted by atomic mass is 9.81. The highest BCUT2D eigenvalue weighted by atomic mass is 14.9. The van der Waals surface area contributed by atoms with E-state index in [0.29, 0.717) is 5.82 Å². The maximum Gasteiger partial charge on any atom is 0.160 e. The number of benzene rings is 9. The lowest BCUT2D eigenvalue weighted by molar-refractivity contribution is 0.661. The van der Waals surface area contributed by atoms with Crippen LogP contribution in [0.2, 0.25) is 0 Å². The third-order valence-corrected chi connectivity index (χ3v) is 12.3. The van der Waals surface area contributed by atoms with Crippen molar-refractivity contribution in [1.29, 1.82) is 0 Å². The van der Waals surface area contributed by atoms with Gasteiger partial charge >= 0.3 is 0 Å². The molecule has 2 heteroatoms. The molecular weight excluding hydrogens is 713 g/mol. The molecule has 10 aromatic rings. The maximum atomic E-state index is 5.28. The van der Waals surface area contributed by atoms with E-state index in [1.807, 2.05) is 18.2 Å². The van der Waals surface area contributed by atoms with E-state index in [1.54, 1.807) is 0 Å². The molecule has 0 amide bonds. The topological polar surface area (TPSA) is 25.8 Å². The summed E-state index contributed by atoms with van der Waals surface area (Å²) in [6.07, 6.45) is 0. The number of hydrogen-bond donors (Lipinski definition) is 0. The smallest absolute Gasteiger partial charge is 0.160 e. The van der Waals surface area contributed by atoms with Crippen LogP contribution in [0, 0.1) is 0 Å². The Morgan fingerprint density at radius 1 is 0.322 bits per heavy atom. The van der Waals surface area contributed by atoms with E-state index >= 15 is 0 Å². The van der Waals surface area contributed by atoms with Crippen LogP contribution in [0.1, 0.15) is 25.0 Å². The molecule has 0 N–H and O–H groups in total. The third-order valence-electron chi connectivity index (χ3n) is 12.3. The van der Waals surface area contributed by atoms with Crippen molar-refractivity contribution in [1.82, 2.24) is 9.97 Å². The van der Waals surface area contributed by atoms with Crippen LogP contribution in [0.3, 0.4) is 0 Å². The average Bonchev–Trinajstić information content (AvgIpc) is 3.55. The SMILES string of the molecule is CC1(C)c2cccc(-c3ccc(-c4cc(-c5ccc(-c6ccc(-c7ccccc7)cc6)cc5)nc(-c5ccccc5)n4)c4ccccc34)c2-c2c1ccc1ccccc21. The Morgan fingerprint density at radius 3 is 1.51 bits per heavy atom. The molecule has 1 heterocycles. The fourth-order valence-electron chi connectivity index (χ4n) is 9.30. The van der Waals surface area contributed by atoms with Crippen molar-refractivity contribution in [3.8, 4) is 78.4 Å². The second kappa shape index (κ2) is 13.9. The van der Waals surface area contributed by atoms with Gasteiger partial charge in [0.2, 0.25) is 0 Å². The van der Waals surface area contributed by atoms with Gasteiger partial charge in [0.1, 0.15) is 0 Å². The molecule has 0 spiro atoms. The molecule has 0 aliphatic heterocycles. The molecular formula is C57H40N2. The van der Waals surface area contributed by atoms with E-state index in [0.717, 1.165) is 33.5 Å². The summed E-state index contributed by atoms with van der Waals surface area (Å²) in [4.78, 5) is 10.5. The molecule has 0 saturated carbocycles. The van der Waals surface area contributed by atoms with Gasteiger partial charge in [-0.25, -0.2) is 9.97 Å². The summed E-state index contributed by atoms with van der Waals surface area (Å²) in [6, 6.07) is 74.2. The third kappa shape index (κ3) is 5.87. The molecule has 2 nitrogen and oxygen atoms in total. The average molecular weight is 753 g/mol. The van der Waals surface area contributed by atoms with Gasteiger partial charge in [-0.3, -0.25) is 0 Å². The van der Waals surface area contributed by atoms with Crippen molar-refractivity contribution in [3.63, 3.8) is 0 Å². The standard InChI is InChI=1S/C57H40N2/c1-57(2)50-23-13-22-49(55(50)54-44-19-10-9-16-41(44)32-35-51(54)57)47-33-34-48(46-21-12-11-20-45(46)47)53-36-52(58-56(59-53)43-17-7-4-8-18-43)42-30-28-40(29-31-42)39-26-24-38(25-27-39)37-14-5-3-6-15-37/h3-36H,1-2H3. The lowest BCUT2D eigenvalue weighted by Gasteiger charge is -2.22. The first-order chi connectivity index (χ1) is 29.0. The van der Waals surface area contributed by atoms with Crippen LogP contribution in [0.4, 0.5) is 0 Å². The molecule has 1 aromatic heterocycles. The van der Waals surface area contributed by atoms with Gasteiger partial charge in [0.25, 0.3) is 0 Å². The van der Waals surface area contributed by atoms with Crippen molar-refractivity contribution in [2.75, 3.05) is 0 Å². The summed E-state index contributed by atoms with van der Waals surface area (Å²) in [7, 11) is 0. The highest BCUT2D eigenvalue weighted by molar-refractivity contribution is 6.11. The Labute approximate surface area is 345 Å². The predicted molar refractivity (Wildman–Crippen MR) is 247 cm³/mol. The van der Waals surface area contributed by atoms with Crippen molar-refractivity contribution in [2.45, 2.75) is 19.3 Å². The largest absolute Gasteiger partial charge is 0.228 e. The molecule has 0 unspecified atom stereocenters. The van der Waals surface area contributed by atoms with Gasteiger partial charge in [-0.1, -0.05) is 214 Å². The van der Waals surface area contributed by atoms with Crippen LogP contribution in [-0.2, 0) is 5.41 Å². The Kier molecular flexibility index (Phi) is 8.20. The number of hydrogen-bond acceptors (Lipinski definition) is 2. The van der Waals surface area contributed by atoms with Crippen LogP contribution in [0.5, 0.6) is 0 Å². The number of nitrogens with zero attached hydrogens (tertiary/aromatic N) is 2. The summed E-state index contributed by atoms with van der Waals surface area (Å²) in [5.74, 6) is 0.707. The van der Waals surface area contributed by atoms with Gasteiger partial charge in [-0.15, -0.1) is 0 Å². The predicted octanol–water partition coefficient (Wildman–Crippen LogP) is 15.1. The van der Waals surface area contributed by atoms with Gasteiger partial charge in [-0.2, -0.15) is 0 Å². The summed E-state index contributed by atoms with van der Waals surface area (Å²) in [6.45, 7) is 4.73. The van der Waals surface area contributed by atoms with Crippen molar-refractivity contribution in [3.05, 3.63) is 217 Å². The maximum absolute atomic E-state index is 5.28. The van der Waals surface area contributed by atoms with E-state index in [2.05, 4.69) is 202 Å². The second-order valence-corrected chi connectivity index (χ2v) is 16.1. The molecule has 0 radical (unpaired) electrons. The van der Waals surface area contributed by atoms with E-state index in [4.69, 9.17) is 9.97 Å². The first kappa shape index (κ1) is 34.8. The molecule has 0 fully saturated rings. The second-order valence-electron chi connectivity index (χ2n) is 16.1. The molecule has 1 aliphatic rings. The highest BCUT2D eigenvalue weighted by Crippen LogP contribution is 2.55. The van der Waals surface area contributed by atoms with E-state index in [1.165, 1.54) is 71.8 Å². The fraction of sp³-hybridized carbons (Fsp3) is 0.0526. The Bertz CT molecular complexity index is 3200. The zero-order valence-corrected chi connectivity index (χ0v) is 33.0. The quantitative estimate of drug-likeness (QED) is 0.169. The van der Waals surface area contributed by atoms with Crippen LogP contribution in [0.25, 0.3) is 100.0 Å². The van der Waals surface area contributed by atoms with E-state index in [9.17, 15) is 0 Å². The minimum Gasteiger partial charge on any atom is -0.228 e. The fourth-order valence-corrected chi connectivity index (χ4v) is 9.30. The van der Waals surface area contributed by atoms with Gasteiger partial charge in [0.15, 0.2) is 5.82 Å². The van der Waals surface area contributed by atoms with Crippen LogP contribution in [-0.4, -0.2) is 9.97 Å². The van der Waals surface area contributed by atoms with Crippen LogP contribution >= 0.6 is 0 Å².